The predicted octanol–water partition coefficient (Wildman–Crippen LogP) is 5.45. The standard InChI is InChI=1S/C24H23NO2/c1-3-25(20-14-8-5-9-15-20)18-22(19-12-6-4-7-13-19)24(26)21-16-10-11-17-23(21)27-2/h4-18H,3H2,1-2H3/b22-18+. The Balaban J connectivity index is 2.10. The molecular formula is C24H23NO2. The Kier molecular flexibility index (Phi) is 6.06. The van der Waals surface area contributed by atoms with Gasteiger partial charge in [0.1, 0.15) is 5.75 Å². The summed E-state index contributed by atoms with van der Waals surface area (Å²) in [6.07, 6.45) is 1.93. The molecule has 0 spiro atoms. The van der Waals surface area contributed by atoms with Gasteiger partial charge in [-0.25, -0.2) is 0 Å². The lowest BCUT2D eigenvalue weighted by Crippen LogP contribution is -2.18. The zero-order chi connectivity index (χ0) is 19.1. The summed E-state index contributed by atoms with van der Waals surface area (Å²) in [5, 5.41) is 0. The van der Waals surface area contributed by atoms with Crippen LogP contribution in [-0.2, 0) is 0 Å². The van der Waals surface area contributed by atoms with Crippen molar-refractivity contribution >= 4 is 17.0 Å². The Bertz CT molecular complexity index is 917. The molecule has 0 aromatic heterocycles. The quantitative estimate of drug-likeness (QED) is 0.416. The average molecular weight is 357 g/mol. The van der Waals surface area contributed by atoms with Crippen LogP contribution in [0.1, 0.15) is 22.8 Å². The number of rotatable bonds is 7. The van der Waals surface area contributed by atoms with E-state index in [1.165, 1.54) is 0 Å². The van der Waals surface area contributed by atoms with E-state index in [0.717, 1.165) is 17.8 Å². The number of para-hydroxylation sites is 2. The summed E-state index contributed by atoms with van der Waals surface area (Å²) in [5.74, 6) is 0.514. The van der Waals surface area contributed by atoms with Gasteiger partial charge in [-0.1, -0.05) is 60.7 Å². The predicted molar refractivity (Wildman–Crippen MR) is 111 cm³/mol. The number of methoxy groups -OCH3 is 1. The van der Waals surface area contributed by atoms with E-state index in [1.54, 1.807) is 13.2 Å². The van der Waals surface area contributed by atoms with E-state index in [4.69, 9.17) is 4.74 Å². The third-order valence-electron chi connectivity index (χ3n) is 4.39. The van der Waals surface area contributed by atoms with Crippen LogP contribution in [0.25, 0.3) is 5.57 Å². The van der Waals surface area contributed by atoms with Gasteiger partial charge in [0.25, 0.3) is 0 Å². The molecule has 0 aliphatic heterocycles. The molecule has 0 saturated carbocycles. The Morgan fingerprint density at radius 2 is 1.48 bits per heavy atom. The number of carbonyl (C=O) groups is 1. The number of hydrogen-bond acceptors (Lipinski definition) is 3. The molecule has 0 atom stereocenters. The number of anilines is 1. The molecule has 136 valence electrons. The van der Waals surface area contributed by atoms with Gasteiger partial charge in [0.2, 0.25) is 0 Å². The van der Waals surface area contributed by atoms with Crippen molar-refractivity contribution in [3.05, 3.63) is 102 Å². The Labute approximate surface area is 160 Å². The summed E-state index contributed by atoms with van der Waals surface area (Å²) in [5.41, 5.74) is 3.11. The number of ether oxygens (including phenoxy) is 1. The SMILES string of the molecule is CCN(/C=C(/C(=O)c1ccccc1OC)c1ccccc1)c1ccccc1. The fraction of sp³-hybridized carbons (Fsp3) is 0.125. The first-order chi connectivity index (χ1) is 13.2. The summed E-state index contributed by atoms with van der Waals surface area (Å²) in [6.45, 7) is 2.82. The van der Waals surface area contributed by atoms with Crippen LogP contribution >= 0.6 is 0 Å². The highest BCUT2D eigenvalue weighted by Crippen LogP contribution is 2.27. The number of hydrogen-bond donors (Lipinski definition) is 0. The van der Waals surface area contributed by atoms with Crippen LogP contribution in [0, 0.1) is 0 Å². The van der Waals surface area contributed by atoms with Crippen LogP contribution in [0.3, 0.4) is 0 Å². The van der Waals surface area contributed by atoms with Crippen molar-refractivity contribution in [1.82, 2.24) is 0 Å². The van der Waals surface area contributed by atoms with Crippen molar-refractivity contribution in [2.24, 2.45) is 0 Å². The molecule has 0 unspecified atom stereocenters. The summed E-state index contributed by atoms with van der Waals surface area (Å²) >= 11 is 0. The largest absolute Gasteiger partial charge is 0.496 e. The van der Waals surface area contributed by atoms with Crippen molar-refractivity contribution in [1.29, 1.82) is 0 Å². The topological polar surface area (TPSA) is 29.5 Å². The maximum atomic E-state index is 13.4. The van der Waals surface area contributed by atoms with Gasteiger partial charge in [-0.2, -0.15) is 0 Å². The highest BCUT2D eigenvalue weighted by molar-refractivity contribution is 6.30. The van der Waals surface area contributed by atoms with Crippen molar-refractivity contribution in [2.75, 3.05) is 18.6 Å². The summed E-state index contributed by atoms with van der Waals surface area (Å²) < 4.78 is 5.41. The molecule has 0 fully saturated rings. The fourth-order valence-corrected chi connectivity index (χ4v) is 2.98. The van der Waals surface area contributed by atoms with Crippen LogP contribution < -0.4 is 9.64 Å². The molecule has 3 aromatic carbocycles. The minimum atomic E-state index is -0.0620. The molecule has 27 heavy (non-hydrogen) atoms. The van der Waals surface area contributed by atoms with Crippen LogP contribution in [0.15, 0.2) is 91.1 Å². The number of allylic oxidation sites excluding steroid dienone is 1. The van der Waals surface area contributed by atoms with Crippen molar-refractivity contribution in [3.63, 3.8) is 0 Å². The smallest absolute Gasteiger partial charge is 0.198 e. The van der Waals surface area contributed by atoms with Gasteiger partial charge < -0.3 is 9.64 Å². The zero-order valence-electron chi connectivity index (χ0n) is 15.6. The van der Waals surface area contributed by atoms with Gasteiger partial charge >= 0.3 is 0 Å². The first-order valence-electron chi connectivity index (χ1n) is 9.01. The summed E-state index contributed by atoms with van der Waals surface area (Å²) in [6, 6.07) is 27.1. The van der Waals surface area contributed by atoms with Crippen LogP contribution in [-0.4, -0.2) is 19.4 Å². The van der Waals surface area contributed by atoms with Crippen LogP contribution in [0.2, 0.25) is 0 Å². The second kappa shape index (κ2) is 8.86. The van der Waals surface area contributed by atoms with Crippen LogP contribution in [0.5, 0.6) is 5.75 Å². The van der Waals surface area contributed by atoms with E-state index < -0.39 is 0 Å². The second-order valence-corrected chi connectivity index (χ2v) is 6.06. The molecule has 0 amide bonds. The molecule has 3 rings (SSSR count). The molecule has 0 bridgehead atoms. The first-order valence-corrected chi connectivity index (χ1v) is 9.01. The molecule has 3 aromatic rings. The van der Waals surface area contributed by atoms with Gasteiger partial charge in [0.15, 0.2) is 5.78 Å². The molecule has 0 heterocycles. The second-order valence-electron chi connectivity index (χ2n) is 6.06. The highest BCUT2D eigenvalue weighted by Gasteiger charge is 2.19. The zero-order valence-corrected chi connectivity index (χ0v) is 15.6. The molecule has 0 aliphatic carbocycles. The van der Waals surface area contributed by atoms with E-state index in [0.29, 0.717) is 16.9 Å². The third kappa shape index (κ3) is 4.26. The van der Waals surface area contributed by atoms with E-state index in [2.05, 4.69) is 11.8 Å². The lowest BCUT2D eigenvalue weighted by atomic mass is 9.96. The van der Waals surface area contributed by atoms with Crippen molar-refractivity contribution in [3.8, 4) is 5.75 Å². The van der Waals surface area contributed by atoms with E-state index in [9.17, 15) is 4.79 Å². The Morgan fingerprint density at radius 3 is 2.11 bits per heavy atom. The summed E-state index contributed by atoms with van der Waals surface area (Å²) in [7, 11) is 1.58. The number of nitrogens with zero attached hydrogens (tertiary/aromatic N) is 1. The van der Waals surface area contributed by atoms with Gasteiger partial charge in [0.05, 0.1) is 12.7 Å². The lowest BCUT2D eigenvalue weighted by molar-refractivity contribution is 0.105. The average Bonchev–Trinajstić information content (AvgIpc) is 2.75. The highest BCUT2D eigenvalue weighted by atomic mass is 16.5. The molecule has 0 N–H and O–H groups in total. The lowest BCUT2D eigenvalue weighted by Gasteiger charge is -2.21. The molecule has 3 heteroatoms. The number of carbonyl (C=O) groups excluding carboxylic acids is 1. The van der Waals surface area contributed by atoms with Gasteiger partial charge in [0, 0.05) is 24.0 Å². The third-order valence-corrected chi connectivity index (χ3v) is 4.39. The Morgan fingerprint density at radius 1 is 0.889 bits per heavy atom. The normalized spacial score (nSPS) is 11.1. The van der Waals surface area contributed by atoms with E-state index in [1.807, 2.05) is 85.1 Å². The van der Waals surface area contributed by atoms with E-state index in [-0.39, 0.29) is 5.78 Å². The van der Waals surface area contributed by atoms with Crippen molar-refractivity contribution in [2.45, 2.75) is 6.92 Å². The molecule has 3 nitrogen and oxygen atoms in total. The first kappa shape index (κ1) is 18.5. The Hall–Kier alpha value is -3.33. The maximum absolute atomic E-state index is 13.4. The summed E-state index contributed by atoms with van der Waals surface area (Å²) in [4.78, 5) is 15.5. The minimum absolute atomic E-state index is 0.0620. The number of benzene rings is 3. The van der Waals surface area contributed by atoms with Crippen LogP contribution in [0.4, 0.5) is 5.69 Å². The fourth-order valence-electron chi connectivity index (χ4n) is 2.98. The minimum Gasteiger partial charge on any atom is -0.496 e. The monoisotopic (exact) mass is 357 g/mol. The molecule has 0 saturated heterocycles. The molecule has 0 aliphatic rings. The number of ketones is 1. The maximum Gasteiger partial charge on any atom is 0.198 e. The molecule has 0 radical (unpaired) electrons. The van der Waals surface area contributed by atoms with E-state index >= 15 is 0 Å². The molecular weight excluding hydrogens is 334 g/mol. The van der Waals surface area contributed by atoms with Gasteiger partial charge in [-0.3, -0.25) is 4.79 Å². The van der Waals surface area contributed by atoms with Gasteiger partial charge in [-0.05, 0) is 36.8 Å². The van der Waals surface area contributed by atoms with Gasteiger partial charge in [-0.15, -0.1) is 0 Å². The number of Topliss-reactive ketones (excluding diaryl/α,β-unsaturated/α-hetero) is 1. The van der Waals surface area contributed by atoms with Crippen molar-refractivity contribution < 1.29 is 9.53 Å².